The van der Waals surface area contributed by atoms with Crippen molar-refractivity contribution < 1.29 is 34.2 Å². The number of aromatic hydroxyl groups is 2. The third-order valence-corrected chi connectivity index (χ3v) is 4.14. The van der Waals surface area contributed by atoms with E-state index in [1.807, 2.05) is 0 Å². The highest BCUT2D eigenvalue weighted by atomic mass is 16.6. The van der Waals surface area contributed by atoms with Gasteiger partial charge in [0.25, 0.3) is 5.91 Å². The highest BCUT2D eigenvalue weighted by Gasteiger charge is 2.29. The van der Waals surface area contributed by atoms with Gasteiger partial charge in [-0.05, 0) is 37.3 Å². The normalized spacial score (nSPS) is 10.7. The first-order chi connectivity index (χ1) is 13.6. The first kappa shape index (κ1) is 19.4. The smallest absolute Gasteiger partial charge is 0.419 e. The number of imide groups is 1. The summed E-state index contributed by atoms with van der Waals surface area (Å²) < 4.78 is 5.03. The maximum Gasteiger partial charge on any atom is 0.419 e. The monoisotopic (exact) mass is 400 g/mol. The molecule has 3 N–H and O–H groups in total. The van der Waals surface area contributed by atoms with Crippen molar-refractivity contribution in [1.82, 2.24) is 0 Å². The fourth-order valence-corrected chi connectivity index (χ4v) is 2.73. The number of amides is 2. The Balaban J connectivity index is 2.20. The highest BCUT2D eigenvalue weighted by Crippen LogP contribution is 2.35. The first-order valence-electron chi connectivity index (χ1n) is 7.93. The molecule has 148 valence electrons. The summed E-state index contributed by atoms with van der Waals surface area (Å²) >= 11 is 0. The lowest BCUT2D eigenvalue weighted by molar-refractivity contribution is -0.385. The highest BCUT2D eigenvalue weighted by molar-refractivity contribution is 6.19. The fraction of sp³-hybridized carbons (Fsp3) is 0.0556. The van der Waals surface area contributed by atoms with E-state index in [1.165, 1.54) is 6.92 Å². The molecular weight excluding hydrogens is 388 g/mol. The summed E-state index contributed by atoms with van der Waals surface area (Å²) in [5.41, 5.74) is -2.96. The number of hydrogen-bond donors (Lipinski definition) is 3. The largest absolute Gasteiger partial charge is 0.508 e. The molecule has 0 radical (unpaired) electrons. The van der Waals surface area contributed by atoms with Gasteiger partial charge >= 0.3 is 17.4 Å². The van der Waals surface area contributed by atoms with E-state index in [2.05, 4.69) is 0 Å². The number of nitrogens with zero attached hydrogens (tertiary/aromatic N) is 2. The first-order valence-corrected chi connectivity index (χ1v) is 7.93. The number of nitro benzene ring substituents is 1. The lowest BCUT2D eigenvalue weighted by Gasteiger charge is -2.17. The molecule has 1 aromatic heterocycles. The molecule has 2 amide bonds. The van der Waals surface area contributed by atoms with Crippen LogP contribution in [0.5, 0.6) is 11.5 Å². The third-order valence-electron chi connectivity index (χ3n) is 4.14. The maximum absolute atomic E-state index is 12.7. The Morgan fingerprint density at radius 1 is 1.14 bits per heavy atom. The van der Waals surface area contributed by atoms with Crippen LogP contribution in [0.25, 0.3) is 11.0 Å². The third kappa shape index (κ3) is 3.32. The Morgan fingerprint density at radius 2 is 1.76 bits per heavy atom. The van der Waals surface area contributed by atoms with Gasteiger partial charge < -0.3 is 19.7 Å². The SMILES string of the molecule is Cc1c(O)c([N+](=O)[O-])cc2cc(C(=O)N(C(=O)O)c3ccc(O)cc3)c(=O)oc12. The number of carbonyl (C=O) groups is 2. The van der Waals surface area contributed by atoms with Crippen molar-refractivity contribution in [2.45, 2.75) is 6.92 Å². The average molecular weight is 400 g/mol. The molecule has 29 heavy (non-hydrogen) atoms. The lowest BCUT2D eigenvalue weighted by atomic mass is 10.1. The maximum atomic E-state index is 12.7. The van der Waals surface area contributed by atoms with Crippen LogP contribution in [0.15, 0.2) is 45.6 Å². The number of carboxylic acid groups (broad SMARTS) is 1. The van der Waals surface area contributed by atoms with Gasteiger partial charge in [0.15, 0.2) is 0 Å². The molecule has 11 heteroatoms. The van der Waals surface area contributed by atoms with E-state index in [4.69, 9.17) is 4.42 Å². The number of anilines is 1. The molecule has 2 aromatic carbocycles. The number of phenolic OH excluding ortho intramolecular Hbond substituents is 2. The molecule has 0 unspecified atom stereocenters. The van der Waals surface area contributed by atoms with Crippen molar-refractivity contribution in [3.05, 3.63) is 68.1 Å². The van der Waals surface area contributed by atoms with Crippen LogP contribution in [0.1, 0.15) is 15.9 Å². The molecule has 11 nitrogen and oxygen atoms in total. The molecule has 0 saturated heterocycles. The second-order valence-electron chi connectivity index (χ2n) is 5.93. The molecule has 0 bridgehead atoms. The Hall–Kier alpha value is -4.41. The summed E-state index contributed by atoms with van der Waals surface area (Å²) in [4.78, 5) is 47.2. The van der Waals surface area contributed by atoms with Crippen LogP contribution in [-0.4, -0.2) is 32.2 Å². The molecule has 0 spiro atoms. The van der Waals surface area contributed by atoms with Gasteiger partial charge in [0.2, 0.25) is 5.75 Å². The number of fused-ring (bicyclic) bond motifs is 1. The molecule has 3 aromatic rings. The van der Waals surface area contributed by atoms with E-state index in [-0.39, 0.29) is 32.9 Å². The summed E-state index contributed by atoms with van der Waals surface area (Å²) in [6.07, 6.45) is -1.70. The quantitative estimate of drug-likeness (QED) is 0.339. The summed E-state index contributed by atoms with van der Waals surface area (Å²) in [6.45, 7) is 1.29. The van der Waals surface area contributed by atoms with Crippen molar-refractivity contribution in [2.24, 2.45) is 0 Å². The van der Waals surface area contributed by atoms with Gasteiger partial charge in [0, 0.05) is 17.0 Å². The van der Waals surface area contributed by atoms with Crippen molar-refractivity contribution in [2.75, 3.05) is 4.90 Å². The summed E-state index contributed by atoms with van der Waals surface area (Å²) in [5.74, 6) is -2.12. The standard InChI is InChI=1S/C18H12N2O9/c1-8-14(22)13(20(27)28)7-9-6-12(17(24)29-15(8)9)16(23)19(18(25)26)10-2-4-11(21)5-3-10/h2-7,21-22H,1H3,(H,25,26). The molecule has 3 rings (SSSR count). The summed E-state index contributed by atoms with van der Waals surface area (Å²) in [5, 5.41) is 39.7. The molecule has 1 heterocycles. The number of benzene rings is 2. The van der Waals surface area contributed by atoms with E-state index in [9.17, 15) is 39.8 Å². The molecular formula is C18H12N2O9. The minimum Gasteiger partial charge on any atom is -0.508 e. The zero-order chi connectivity index (χ0) is 21.5. The fourth-order valence-electron chi connectivity index (χ4n) is 2.73. The van der Waals surface area contributed by atoms with Gasteiger partial charge in [-0.1, -0.05) is 0 Å². The minimum absolute atomic E-state index is 0.0500. The van der Waals surface area contributed by atoms with Gasteiger partial charge in [-0.2, -0.15) is 0 Å². The average Bonchev–Trinajstić information content (AvgIpc) is 2.65. The second kappa shape index (κ2) is 6.96. The van der Waals surface area contributed by atoms with Crippen molar-refractivity contribution in [1.29, 1.82) is 0 Å². The number of phenols is 2. The molecule has 0 saturated carbocycles. The number of aryl methyl sites for hydroxylation is 1. The van der Waals surface area contributed by atoms with Gasteiger partial charge in [-0.15, -0.1) is 0 Å². The van der Waals surface area contributed by atoms with Gasteiger partial charge in [0.05, 0.1) is 10.6 Å². The van der Waals surface area contributed by atoms with E-state index in [0.29, 0.717) is 0 Å². The van der Waals surface area contributed by atoms with E-state index >= 15 is 0 Å². The van der Waals surface area contributed by atoms with E-state index < -0.39 is 39.5 Å². The minimum atomic E-state index is -1.70. The van der Waals surface area contributed by atoms with Gasteiger partial charge in [0.1, 0.15) is 16.9 Å². The Bertz CT molecular complexity index is 1230. The van der Waals surface area contributed by atoms with Crippen LogP contribution in [-0.2, 0) is 0 Å². The van der Waals surface area contributed by atoms with Crippen LogP contribution in [0, 0.1) is 17.0 Å². The zero-order valence-corrected chi connectivity index (χ0v) is 14.6. The molecule has 0 aliphatic rings. The zero-order valence-electron chi connectivity index (χ0n) is 14.6. The number of nitro groups is 1. The number of carbonyl (C=O) groups excluding carboxylic acids is 1. The molecule has 0 fully saturated rings. The summed E-state index contributed by atoms with van der Waals surface area (Å²) in [6, 6.07) is 6.46. The van der Waals surface area contributed by atoms with Gasteiger partial charge in [-0.3, -0.25) is 14.9 Å². The molecule has 0 aliphatic carbocycles. The molecule has 0 atom stereocenters. The van der Waals surface area contributed by atoms with Crippen LogP contribution in [0.2, 0.25) is 0 Å². The predicted molar refractivity (Wildman–Crippen MR) is 98.5 cm³/mol. The topological polar surface area (TPSA) is 171 Å². The Kier molecular flexibility index (Phi) is 4.64. The van der Waals surface area contributed by atoms with E-state index in [0.717, 1.165) is 36.4 Å². The molecule has 0 aliphatic heterocycles. The van der Waals surface area contributed by atoms with E-state index in [1.54, 1.807) is 0 Å². The lowest BCUT2D eigenvalue weighted by Crippen LogP contribution is -2.38. The number of rotatable bonds is 3. The Labute approximate surface area is 160 Å². The van der Waals surface area contributed by atoms with Gasteiger partial charge in [-0.25, -0.2) is 14.5 Å². The van der Waals surface area contributed by atoms with Crippen LogP contribution in [0.3, 0.4) is 0 Å². The summed E-state index contributed by atoms with van der Waals surface area (Å²) in [7, 11) is 0. The second-order valence-corrected chi connectivity index (χ2v) is 5.93. The van der Waals surface area contributed by atoms with Crippen LogP contribution >= 0.6 is 0 Å². The van der Waals surface area contributed by atoms with Crippen LogP contribution < -0.4 is 10.5 Å². The Morgan fingerprint density at radius 3 is 2.31 bits per heavy atom. The van der Waals surface area contributed by atoms with Crippen molar-refractivity contribution in [3.8, 4) is 11.5 Å². The predicted octanol–water partition coefficient (Wildman–Crippen LogP) is 2.75. The van der Waals surface area contributed by atoms with Crippen LogP contribution in [0.4, 0.5) is 16.2 Å². The number of hydrogen-bond acceptors (Lipinski definition) is 8. The van der Waals surface area contributed by atoms with Crippen molar-refractivity contribution in [3.63, 3.8) is 0 Å². The van der Waals surface area contributed by atoms with Crippen molar-refractivity contribution >= 4 is 34.3 Å².